The highest BCUT2D eigenvalue weighted by atomic mass is 14.0. The smallest absolute Gasteiger partial charge is 0.0279 e. The van der Waals surface area contributed by atoms with Gasteiger partial charge in [-0.25, -0.2) is 0 Å². The first kappa shape index (κ1) is 14.2. The summed E-state index contributed by atoms with van der Waals surface area (Å²) in [5.74, 6) is 0. The Bertz CT molecular complexity index is 238. The third kappa shape index (κ3) is 7.18. The largest absolute Gasteiger partial charge is 0.0683 e. The van der Waals surface area contributed by atoms with Crippen molar-refractivity contribution in [3.8, 4) is 0 Å². The second kappa shape index (κ2) is 9.76. The lowest BCUT2D eigenvalue weighted by molar-refractivity contribution is 0.667. The molecule has 0 nitrogen and oxygen atoms in total. The number of rotatable bonds is 5. The van der Waals surface area contributed by atoms with Crippen molar-refractivity contribution in [3.05, 3.63) is 35.4 Å². The van der Waals surface area contributed by atoms with Crippen LogP contribution in [0.4, 0.5) is 0 Å². The highest BCUT2D eigenvalue weighted by molar-refractivity contribution is 5.22. The van der Waals surface area contributed by atoms with E-state index >= 15 is 0 Å². The van der Waals surface area contributed by atoms with E-state index in [-0.39, 0.29) is 0 Å². The van der Waals surface area contributed by atoms with Crippen molar-refractivity contribution in [3.63, 3.8) is 0 Å². The Morgan fingerprint density at radius 2 is 1.73 bits per heavy atom. The summed E-state index contributed by atoms with van der Waals surface area (Å²) in [6, 6.07) is 8.85. The molecule has 0 amide bonds. The molecule has 86 valence electrons. The monoisotopic (exact) mass is 206 g/mol. The molecular weight excluding hydrogens is 180 g/mol. The van der Waals surface area contributed by atoms with Gasteiger partial charge in [-0.3, -0.25) is 0 Å². The van der Waals surface area contributed by atoms with Gasteiger partial charge in [0.1, 0.15) is 0 Å². The topological polar surface area (TPSA) is 0 Å². The van der Waals surface area contributed by atoms with Crippen LogP contribution in [0, 0.1) is 6.92 Å². The van der Waals surface area contributed by atoms with Crippen LogP contribution in [0.3, 0.4) is 0 Å². The Balaban J connectivity index is 0.000000921. The Kier molecular flexibility index (Phi) is 9.26. The highest BCUT2D eigenvalue weighted by Crippen LogP contribution is 2.09. The molecule has 15 heavy (non-hydrogen) atoms. The van der Waals surface area contributed by atoms with E-state index < -0.39 is 0 Å². The zero-order chi connectivity index (χ0) is 11.5. The van der Waals surface area contributed by atoms with Gasteiger partial charge in [-0.2, -0.15) is 0 Å². The first-order valence-electron chi connectivity index (χ1n) is 6.38. The molecule has 0 N–H and O–H groups in total. The molecule has 0 saturated carbocycles. The van der Waals surface area contributed by atoms with Crippen molar-refractivity contribution in [2.45, 2.75) is 59.8 Å². The minimum Gasteiger partial charge on any atom is -0.0683 e. The van der Waals surface area contributed by atoms with Crippen LogP contribution in [0.15, 0.2) is 24.3 Å². The molecule has 1 rings (SSSR count). The molecule has 0 bridgehead atoms. The maximum absolute atomic E-state index is 2.30. The highest BCUT2D eigenvalue weighted by Gasteiger charge is 1.93. The van der Waals surface area contributed by atoms with Gasteiger partial charge in [-0.15, -0.1) is 0 Å². The lowest BCUT2D eigenvalue weighted by atomic mass is 10.0. The lowest BCUT2D eigenvalue weighted by Gasteiger charge is -2.01. The minimum absolute atomic E-state index is 1.25. The average Bonchev–Trinajstić information content (AvgIpc) is 2.27. The van der Waals surface area contributed by atoms with Gasteiger partial charge in [-0.05, 0) is 25.3 Å². The number of unbranched alkanes of at least 4 members (excludes halogenated alkanes) is 3. The van der Waals surface area contributed by atoms with Crippen LogP contribution in [0.1, 0.15) is 57.6 Å². The van der Waals surface area contributed by atoms with E-state index in [9.17, 15) is 0 Å². The van der Waals surface area contributed by atoms with Gasteiger partial charge in [0.25, 0.3) is 0 Å². The van der Waals surface area contributed by atoms with E-state index in [4.69, 9.17) is 0 Å². The number of hydrogen-bond acceptors (Lipinski definition) is 0. The molecular formula is C15H26. The van der Waals surface area contributed by atoms with Gasteiger partial charge in [0.05, 0.1) is 0 Å². The summed E-state index contributed by atoms with van der Waals surface area (Å²) >= 11 is 0. The fourth-order valence-corrected chi connectivity index (χ4v) is 1.62. The van der Waals surface area contributed by atoms with Crippen LogP contribution in [0.25, 0.3) is 0 Å². The summed E-state index contributed by atoms with van der Waals surface area (Å²) in [5, 5.41) is 0. The molecule has 0 fully saturated rings. The fourth-order valence-electron chi connectivity index (χ4n) is 1.62. The maximum atomic E-state index is 2.30. The Labute approximate surface area is 95.7 Å². The van der Waals surface area contributed by atoms with E-state index in [1.165, 1.54) is 43.2 Å². The van der Waals surface area contributed by atoms with Crippen molar-refractivity contribution in [1.82, 2.24) is 0 Å². The summed E-state index contributed by atoms with van der Waals surface area (Å²) < 4.78 is 0. The second-order valence-electron chi connectivity index (χ2n) is 3.80. The van der Waals surface area contributed by atoms with Crippen molar-refractivity contribution < 1.29 is 0 Å². The number of hydrogen-bond donors (Lipinski definition) is 0. The molecule has 0 spiro atoms. The molecule has 0 radical (unpaired) electrons. The summed E-state index contributed by atoms with van der Waals surface area (Å²) in [4.78, 5) is 0. The molecule has 0 heteroatoms. The first-order valence-corrected chi connectivity index (χ1v) is 6.38. The summed E-state index contributed by atoms with van der Waals surface area (Å²) in [7, 11) is 0. The molecule has 1 aromatic rings. The predicted molar refractivity (Wildman–Crippen MR) is 70.4 cm³/mol. The predicted octanol–water partition coefficient (Wildman–Crippen LogP) is 5.14. The van der Waals surface area contributed by atoms with Crippen molar-refractivity contribution >= 4 is 0 Å². The third-order valence-electron chi connectivity index (χ3n) is 2.40. The normalized spacial score (nSPS) is 9.33. The standard InChI is InChI=1S/C13H20.C2H6/c1-3-4-5-6-9-13-10-7-8-12(2)11-13;1-2/h7-8,10-11H,3-6,9H2,1-2H3;1-2H3. The summed E-state index contributed by atoms with van der Waals surface area (Å²) in [6.07, 6.45) is 6.68. The molecule has 0 aromatic heterocycles. The van der Waals surface area contributed by atoms with Crippen LogP contribution < -0.4 is 0 Å². The van der Waals surface area contributed by atoms with E-state index in [0.717, 1.165) is 0 Å². The molecule has 0 atom stereocenters. The van der Waals surface area contributed by atoms with Gasteiger partial charge in [0, 0.05) is 0 Å². The van der Waals surface area contributed by atoms with Crippen LogP contribution in [0.2, 0.25) is 0 Å². The van der Waals surface area contributed by atoms with Crippen molar-refractivity contribution in [1.29, 1.82) is 0 Å². The Hall–Kier alpha value is -0.780. The van der Waals surface area contributed by atoms with Gasteiger partial charge in [0.15, 0.2) is 0 Å². The van der Waals surface area contributed by atoms with Crippen molar-refractivity contribution in [2.75, 3.05) is 0 Å². The van der Waals surface area contributed by atoms with E-state index in [1.54, 1.807) is 0 Å². The molecule has 0 aliphatic carbocycles. The number of benzene rings is 1. The van der Waals surface area contributed by atoms with Crippen LogP contribution >= 0.6 is 0 Å². The van der Waals surface area contributed by atoms with Gasteiger partial charge in [0.2, 0.25) is 0 Å². The van der Waals surface area contributed by atoms with Crippen molar-refractivity contribution in [2.24, 2.45) is 0 Å². The second-order valence-corrected chi connectivity index (χ2v) is 3.80. The van der Waals surface area contributed by atoms with Gasteiger partial charge >= 0.3 is 0 Å². The maximum Gasteiger partial charge on any atom is -0.0279 e. The van der Waals surface area contributed by atoms with Gasteiger partial charge in [-0.1, -0.05) is 69.9 Å². The van der Waals surface area contributed by atoms with E-state index in [2.05, 4.69) is 38.1 Å². The zero-order valence-corrected chi connectivity index (χ0v) is 10.8. The van der Waals surface area contributed by atoms with E-state index in [0.29, 0.717) is 0 Å². The molecule has 0 unspecified atom stereocenters. The summed E-state index contributed by atoms with van der Waals surface area (Å²) in [5.41, 5.74) is 2.88. The third-order valence-corrected chi connectivity index (χ3v) is 2.40. The fraction of sp³-hybridized carbons (Fsp3) is 0.600. The average molecular weight is 206 g/mol. The van der Waals surface area contributed by atoms with E-state index in [1.807, 2.05) is 13.8 Å². The SMILES string of the molecule is CC.CCCCCCc1cccc(C)c1. The molecule has 0 aliphatic heterocycles. The van der Waals surface area contributed by atoms with Crippen LogP contribution in [-0.2, 0) is 6.42 Å². The lowest BCUT2D eigenvalue weighted by Crippen LogP contribution is -1.86. The van der Waals surface area contributed by atoms with Crippen LogP contribution in [-0.4, -0.2) is 0 Å². The Morgan fingerprint density at radius 1 is 1.00 bits per heavy atom. The quantitative estimate of drug-likeness (QED) is 0.585. The molecule has 1 aromatic carbocycles. The minimum atomic E-state index is 1.25. The first-order chi connectivity index (χ1) is 7.33. The molecule has 0 heterocycles. The zero-order valence-electron chi connectivity index (χ0n) is 10.8. The molecule has 0 saturated heterocycles. The summed E-state index contributed by atoms with van der Waals surface area (Å²) in [6.45, 7) is 8.42. The van der Waals surface area contributed by atoms with Gasteiger partial charge < -0.3 is 0 Å². The van der Waals surface area contributed by atoms with Crippen LogP contribution in [0.5, 0.6) is 0 Å². The number of aryl methyl sites for hydroxylation is 2. The Morgan fingerprint density at radius 3 is 2.33 bits per heavy atom. The molecule has 0 aliphatic rings.